The van der Waals surface area contributed by atoms with Gasteiger partial charge in [-0.3, -0.25) is 4.79 Å². The molecule has 0 saturated carbocycles. The minimum Gasteiger partial charge on any atom is -0.266 e. The molecule has 5 heteroatoms. The molecule has 0 atom stereocenters. The first-order valence-electron chi connectivity index (χ1n) is 4.80. The van der Waals surface area contributed by atoms with Crippen LogP contribution in [0.1, 0.15) is 12.5 Å². The van der Waals surface area contributed by atoms with Crippen LogP contribution in [0.2, 0.25) is 0 Å². The van der Waals surface area contributed by atoms with Gasteiger partial charge in [-0.15, -0.1) is 10.9 Å². The van der Waals surface area contributed by atoms with Gasteiger partial charge in [-0.2, -0.15) is 10.1 Å². The summed E-state index contributed by atoms with van der Waals surface area (Å²) in [6.45, 7) is 1.91. The predicted octanol–water partition coefficient (Wildman–Crippen LogP) is 1.95. The topological polar surface area (TPSA) is 32.7 Å². The number of nitrogens with zero attached hydrogens (tertiary/aromatic N) is 2. The van der Waals surface area contributed by atoms with Crippen LogP contribution in [0, 0.1) is 0 Å². The number of hydrazone groups is 1. The molecule has 2 heterocycles. The van der Waals surface area contributed by atoms with Gasteiger partial charge in [-0.25, -0.2) is 0 Å². The molecular weight excluding hydrogens is 240 g/mol. The summed E-state index contributed by atoms with van der Waals surface area (Å²) in [7, 11) is 1.50. The van der Waals surface area contributed by atoms with Crippen molar-refractivity contribution in [3.63, 3.8) is 0 Å². The van der Waals surface area contributed by atoms with E-state index in [1.54, 1.807) is 11.8 Å². The normalized spacial score (nSPS) is 18.7. The Labute approximate surface area is 101 Å². The fourth-order valence-electron chi connectivity index (χ4n) is 1.56. The van der Waals surface area contributed by atoms with Crippen molar-refractivity contribution >= 4 is 42.8 Å². The molecule has 3 rings (SSSR count). The van der Waals surface area contributed by atoms with E-state index in [1.807, 2.05) is 37.3 Å². The van der Waals surface area contributed by atoms with Gasteiger partial charge in [0.05, 0.1) is 5.04 Å². The lowest BCUT2D eigenvalue weighted by molar-refractivity contribution is -0.119. The quantitative estimate of drug-likeness (QED) is 0.712. The average molecular weight is 248 g/mol. The third-order valence-corrected chi connectivity index (χ3v) is 4.45. The molecule has 2 aliphatic heterocycles. The molecule has 0 bridgehead atoms. The van der Waals surface area contributed by atoms with Crippen molar-refractivity contribution < 1.29 is 4.79 Å². The van der Waals surface area contributed by atoms with Gasteiger partial charge in [0.25, 0.3) is 5.91 Å². The number of carbonyl (C=O) groups excluding carboxylic acids is 1. The zero-order chi connectivity index (χ0) is 11.1. The summed E-state index contributed by atoms with van der Waals surface area (Å²) < 4.78 is 0.946. The predicted molar refractivity (Wildman–Crippen MR) is 70.7 cm³/mol. The first-order chi connectivity index (χ1) is 7.75. The second-order valence-corrected chi connectivity index (χ2v) is 5.84. The molecule has 0 saturated heterocycles. The Morgan fingerprint density at radius 2 is 2.00 bits per heavy atom. The second kappa shape index (κ2) is 3.61. The maximum atomic E-state index is 12.1. The largest absolute Gasteiger partial charge is 0.290 e. The number of amides is 1. The first kappa shape index (κ1) is 9.86. The van der Waals surface area contributed by atoms with E-state index in [0.29, 0.717) is 0 Å². The summed E-state index contributed by atoms with van der Waals surface area (Å²) in [6.07, 6.45) is 0. The Hall–Kier alpha value is -1.33. The van der Waals surface area contributed by atoms with Gasteiger partial charge >= 0.3 is 0 Å². The number of hydrogen-bond acceptors (Lipinski definition) is 3. The van der Waals surface area contributed by atoms with E-state index in [1.165, 1.54) is 15.9 Å². The first-order valence-corrected chi connectivity index (χ1v) is 6.44. The summed E-state index contributed by atoms with van der Waals surface area (Å²) in [5, 5.41) is 6.60. The molecule has 2 aliphatic rings. The van der Waals surface area contributed by atoms with E-state index in [-0.39, 0.29) is 5.91 Å². The van der Waals surface area contributed by atoms with Crippen LogP contribution in [0.25, 0.3) is 0 Å². The monoisotopic (exact) mass is 248 g/mol. The van der Waals surface area contributed by atoms with Crippen LogP contribution in [-0.4, -0.2) is 25.1 Å². The van der Waals surface area contributed by atoms with E-state index in [9.17, 15) is 4.79 Å². The van der Waals surface area contributed by atoms with Gasteiger partial charge in [-0.1, -0.05) is 30.3 Å². The summed E-state index contributed by atoms with van der Waals surface area (Å²) in [5.41, 5.74) is 0.966. The molecule has 3 nitrogen and oxygen atoms in total. The smallest absolute Gasteiger partial charge is 0.266 e. The fraction of sp³-hybridized carbons (Fsp3) is 0.0909. The van der Waals surface area contributed by atoms with E-state index >= 15 is 0 Å². The lowest BCUT2D eigenvalue weighted by Crippen LogP contribution is -2.28. The van der Waals surface area contributed by atoms with Crippen molar-refractivity contribution in [2.45, 2.75) is 6.92 Å². The minimum atomic E-state index is -0.0180. The SMILES string of the molecule is CC1=NN2C(=O)C(c3ccccc3)=S=C2S1. The van der Waals surface area contributed by atoms with Crippen LogP contribution in [-0.2, 0) is 4.79 Å². The number of hydrogen-bond donors (Lipinski definition) is 0. The lowest BCUT2D eigenvalue weighted by atomic mass is 10.1. The zero-order valence-corrected chi connectivity index (χ0v) is 10.1. The van der Waals surface area contributed by atoms with Crippen molar-refractivity contribution in [3.05, 3.63) is 35.9 Å². The van der Waals surface area contributed by atoms with Gasteiger partial charge in [-0.05, 0) is 24.2 Å². The van der Waals surface area contributed by atoms with Gasteiger partial charge in [0.15, 0.2) is 4.32 Å². The number of carbonyl (C=O) groups is 1. The van der Waals surface area contributed by atoms with E-state index in [4.69, 9.17) is 0 Å². The van der Waals surface area contributed by atoms with Gasteiger partial charge in [0.2, 0.25) is 0 Å². The highest BCUT2D eigenvalue weighted by atomic mass is 32.2. The van der Waals surface area contributed by atoms with Crippen molar-refractivity contribution in [1.82, 2.24) is 5.01 Å². The molecule has 0 N–H and O–H groups in total. The highest BCUT2D eigenvalue weighted by Gasteiger charge is 2.33. The third kappa shape index (κ3) is 1.44. The van der Waals surface area contributed by atoms with Gasteiger partial charge in [0.1, 0.15) is 4.86 Å². The molecule has 0 aromatic heterocycles. The summed E-state index contributed by atoms with van der Waals surface area (Å²) in [5.74, 6) is -0.0180. The second-order valence-electron chi connectivity index (χ2n) is 3.40. The molecule has 16 heavy (non-hydrogen) atoms. The summed E-state index contributed by atoms with van der Waals surface area (Å²) in [6, 6.07) is 9.71. The van der Waals surface area contributed by atoms with Crippen LogP contribution in [0.3, 0.4) is 0 Å². The molecule has 0 spiro atoms. The Morgan fingerprint density at radius 1 is 1.25 bits per heavy atom. The summed E-state index contributed by atoms with van der Waals surface area (Å²) in [4.78, 5) is 12.8. The molecule has 1 aromatic rings. The van der Waals surface area contributed by atoms with E-state index in [2.05, 4.69) is 5.10 Å². The van der Waals surface area contributed by atoms with Crippen molar-refractivity contribution in [1.29, 1.82) is 0 Å². The fourth-order valence-corrected chi connectivity index (χ4v) is 3.74. The lowest BCUT2D eigenvalue weighted by Gasteiger charge is -2.06. The van der Waals surface area contributed by atoms with Crippen LogP contribution in [0.5, 0.6) is 0 Å². The molecule has 0 aliphatic carbocycles. The minimum absolute atomic E-state index is 0.0180. The van der Waals surface area contributed by atoms with Crippen molar-refractivity contribution in [2.75, 3.05) is 0 Å². The molecule has 80 valence electrons. The maximum absolute atomic E-state index is 12.1. The Balaban J connectivity index is 2.07. The Bertz CT molecular complexity index is 571. The molecule has 0 fully saturated rings. The maximum Gasteiger partial charge on any atom is 0.290 e. The van der Waals surface area contributed by atoms with Crippen LogP contribution in [0.15, 0.2) is 35.4 Å². The molecule has 1 aromatic carbocycles. The number of fused-ring (bicyclic) bond motifs is 1. The molecular formula is C11H8N2OS2. The van der Waals surface area contributed by atoms with Crippen molar-refractivity contribution in [2.24, 2.45) is 5.10 Å². The van der Waals surface area contributed by atoms with Crippen LogP contribution < -0.4 is 0 Å². The average Bonchev–Trinajstić information content (AvgIpc) is 2.79. The number of benzene rings is 1. The van der Waals surface area contributed by atoms with Gasteiger partial charge < -0.3 is 0 Å². The Morgan fingerprint density at radius 3 is 2.69 bits per heavy atom. The highest BCUT2D eigenvalue weighted by Crippen LogP contribution is 2.27. The molecule has 0 unspecified atom stereocenters. The summed E-state index contributed by atoms with van der Waals surface area (Å²) >= 11 is 1.55. The number of rotatable bonds is 1. The van der Waals surface area contributed by atoms with E-state index in [0.717, 1.165) is 19.8 Å². The van der Waals surface area contributed by atoms with Crippen LogP contribution >= 0.6 is 22.7 Å². The third-order valence-electron chi connectivity index (χ3n) is 2.26. The number of thioether (sulfide) groups is 1. The molecule has 0 radical (unpaired) electrons. The van der Waals surface area contributed by atoms with Crippen molar-refractivity contribution in [3.8, 4) is 0 Å². The molecule has 1 amide bonds. The van der Waals surface area contributed by atoms with Gasteiger partial charge in [0, 0.05) is 0 Å². The highest BCUT2D eigenvalue weighted by molar-refractivity contribution is 8.36. The zero-order valence-electron chi connectivity index (χ0n) is 8.51. The van der Waals surface area contributed by atoms with Crippen LogP contribution in [0.4, 0.5) is 0 Å². The van der Waals surface area contributed by atoms with E-state index < -0.39 is 0 Å². The standard InChI is InChI=1S/C11H8N2OS2/c1-7-12-13-10(14)9(16-11(13)15-7)8-5-3-2-4-6-8/h2-6H,1H3. The Kier molecular flexibility index (Phi) is 2.22.